The summed E-state index contributed by atoms with van der Waals surface area (Å²) in [5.74, 6) is -0.675. The third kappa shape index (κ3) is 2.62. The van der Waals surface area contributed by atoms with Gasteiger partial charge in [-0.2, -0.15) is 0 Å². The van der Waals surface area contributed by atoms with Gasteiger partial charge in [-0.15, -0.1) is 0 Å². The Kier molecular flexibility index (Phi) is 3.96. The molecule has 1 aromatic rings. The number of hydrogen-bond acceptors (Lipinski definition) is 2. The lowest BCUT2D eigenvalue weighted by atomic mass is 10.1. The van der Waals surface area contributed by atoms with Crippen molar-refractivity contribution in [3.8, 4) is 5.75 Å². The van der Waals surface area contributed by atoms with E-state index in [0.29, 0.717) is 18.5 Å². The van der Waals surface area contributed by atoms with E-state index in [1.807, 2.05) is 0 Å². The van der Waals surface area contributed by atoms with E-state index in [1.165, 1.54) is 7.11 Å². The van der Waals surface area contributed by atoms with E-state index in [0.717, 1.165) is 12.1 Å². The molecule has 1 aromatic carbocycles. The van der Waals surface area contributed by atoms with E-state index in [9.17, 15) is 13.2 Å². The lowest BCUT2D eigenvalue weighted by Gasteiger charge is -2.10. The van der Waals surface area contributed by atoms with Crippen molar-refractivity contribution in [1.82, 2.24) is 0 Å². The first-order valence-electron chi connectivity index (χ1n) is 4.44. The highest BCUT2D eigenvalue weighted by atomic mass is 19.3. The van der Waals surface area contributed by atoms with Gasteiger partial charge in [0.2, 0.25) is 0 Å². The minimum absolute atomic E-state index is 0.247. The molecule has 0 saturated heterocycles. The zero-order valence-electron chi connectivity index (χ0n) is 8.27. The van der Waals surface area contributed by atoms with Crippen LogP contribution in [0.3, 0.4) is 0 Å². The summed E-state index contributed by atoms with van der Waals surface area (Å²) in [5.41, 5.74) is 5.16. The van der Waals surface area contributed by atoms with Crippen molar-refractivity contribution < 1.29 is 17.9 Å². The number of benzene rings is 1. The summed E-state index contributed by atoms with van der Waals surface area (Å²) in [6.45, 7) is 0.309. The molecule has 0 aliphatic carbocycles. The van der Waals surface area contributed by atoms with E-state index >= 15 is 0 Å². The fourth-order valence-electron chi connectivity index (χ4n) is 1.32. The molecule has 0 heterocycles. The number of methoxy groups -OCH3 is 1. The molecule has 84 valence electrons. The highest BCUT2D eigenvalue weighted by Crippen LogP contribution is 2.29. The van der Waals surface area contributed by atoms with E-state index < -0.39 is 17.8 Å². The Hall–Kier alpha value is -1.23. The van der Waals surface area contributed by atoms with Gasteiger partial charge in [-0.3, -0.25) is 0 Å². The minimum Gasteiger partial charge on any atom is -0.496 e. The van der Waals surface area contributed by atoms with Gasteiger partial charge < -0.3 is 10.5 Å². The lowest BCUT2D eigenvalue weighted by Crippen LogP contribution is -2.06. The summed E-state index contributed by atoms with van der Waals surface area (Å²) in [5, 5.41) is 0. The average molecular weight is 219 g/mol. The Bertz CT molecular complexity index is 342. The van der Waals surface area contributed by atoms with Gasteiger partial charge >= 0.3 is 0 Å². The summed E-state index contributed by atoms with van der Waals surface area (Å²) >= 11 is 0. The van der Waals surface area contributed by atoms with Gasteiger partial charge in [0.05, 0.1) is 12.7 Å². The van der Waals surface area contributed by atoms with Crippen LogP contribution in [0.15, 0.2) is 12.1 Å². The molecule has 15 heavy (non-hydrogen) atoms. The van der Waals surface area contributed by atoms with Crippen molar-refractivity contribution in [2.45, 2.75) is 12.8 Å². The topological polar surface area (TPSA) is 35.2 Å². The molecule has 0 spiro atoms. The normalized spacial score (nSPS) is 10.8. The first kappa shape index (κ1) is 11.8. The van der Waals surface area contributed by atoms with Crippen LogP contribution in [0.1, 0.15) is 17.6 Å². The highest BCUT2D eigenvalue weighted by molar-refractivity contribution is 5.39. The largest absolute Gasteiger partial charge is 0.496 e. The highest BCUT2D eigenvalue weighted by Gasteiger charge is 2.17. The summed E-state index contributed by atoms with van der Waals surface area (Å²) in [6, 6.07) is 2.07. The molecule has 0 amide bonds. The van der Waals surface area contributed by atoms with Crippen LogP contribution in [0.4, 0.5) is 13.2 Å². The van der Waals surface area contributed by atoms with Crippen LogP contribution in [0, 0.1) is 5.82 Å². The predicted octanol–water partition coefficient (Wildman–Crippen LogP) is 2.27. The third-order valence-electron chi connectivity index (χ3n) is 2.05. The first-order valence-corrected chi connectivity index (χ1v) is 4.44. The average Bonchev–Trinajstić information content (AvgIpc) is 2.18. The van der Waals surface area contributed by atoms with E-state index in [-0.39, 0.29) is 5.75 Å². The maximum absolute atomic E-state index is 13.2. The number of hydrogen-bond donors (Lipinski definition) is 1. The quantitative estimate of drug-likeness (QED) is 0.843. The van der Waals surface area contributed by atoms with Gasteiger partial charge in [-0.1, -0.05) is 0 Å². The van der Waals surface area contributed by atoms with Crippen LogP contribution in [-0.2, 0) is 6.42 Å². The summed E-state index contributed by atoms with van der Waals surface area (Å²) < 4.78 is 42.7. The van der Waals surface area contributed by atoms with Crippen LogP contribution >= 0.6 is 0 Å². The SMILES string of the molecule is COc1cc(C(F)F)c(F)cc1CCN. The standard InChI is InChI=1S/C10H12F3NO/c1-15-9-5-7(10(12)13)8(11)4-6(9)2-3-14/h4-5,10H,2-3,14H2,1H3. The molecule has 0 unspecified atom stereocenters. The van der Waals surface area contributed by atoms with E-state index in [1.54, 1.807) is 0 Å². The Morgan fingerprint density at radius 3 is 2.53 bits per heavy atom. The predicted molar refractivity (Wildman–Crippen MR) is 50.7 cm³/mol. The summed E-state index contributed by atoms with van der Waals surface area (Å²) in [7, 11) is 1.35. The number of ether oxygens (including phenoxy) is 1. The molecule has 0 saturated carbocycles. The van der Waals surface area contributed by atoms with Crippen LogP contribution in [-0.4, -0.2) is 13.7 Å². The number of alkyl halides is 2. The fourth-order valence-corrected chi connectivity index (χ4v) is 1.32. The Labute approximate surface area is 85.8 Å². The van der Waals surface area contributed by atoms with Gasteiger partial charge in [0.1, 0.15) is 11.6 Å². The van der Waals surface area contributed by atoms with Gasteiger partial charge in [0.15, 0.2) is 0 Å². The van der Waals surface area contributed by atoms with Crippen molar-refractivity contribution in [2.24, 2.45) is 5.73 Å². The van der Waals surface area contributed by atoms with Crippen LogP contribution in [0.25, 0.3) is 0 Å². The van der Waals surface area contributed by atoms with Crippen molar-refractivity contribution in [2.75, 3.05) is 13.7 Å². The zero-order chi connectivity index (χ0) is 11.4. The van der Waals surface area contributed by atoms with Crippen molar-refractivity contribution in [3.63, 3.8) is 0 Å². The monoisotopic (exact) mass is 219 g/mol. The van der Waals surface area contributed by atoms with Crippen molar-refractivity contribution in [1.29, 1.82) is 0 Å². The maximum atomic E-state index is 13.2. The molecule has 0 aliphatic heterocycles. The molecule has 0 aliphatic rings. The second-order valence-electron chi connectivity index (χ2n) is 3.02. The minimum atomic E-state index is -2.84. The Morgan fingerprint density at radius 1 is 1.40 bits per heavy atom. The molecule has 0 radical (unpaired) electrons. The van der Waals surface area contributed by atoms with E-state index in [4.69, 9.17) is 10.5 Å². The molecular weight excluding hydrogens is 207 g/mol. The summed E-state index contributed by atoms with van der Waals surface area (Å²) in [6.07, 6.45) is -2.45. The number of halogens is 3. The maximum Gasteiger partial charge on any atom is 0.266 e. The number of rotatable bonds is 4. The molecule has 2 N–H and O–H groups in total. The molecule has 0 fully saturated rings. The number of nitrogens with two attached hydrogens (primary N) is 1. The molecule has 0 atom stereocenters. The van der Waals surface area contributed by atoms with Gasteiger partial charge in [-0.05, 0) is 30.7 Å². The lowest BCUT2D eigenvalue weighted by molar-refractivity contribution is 0.146. The van der Waals surface area contributed by atoms with Crippen LogP contribution < -0.4 is 10.5 Å². The Balaban J connectivity index is 3.16. The van der Waals surface area contributed by atoms with Gasteiger partial charge in [-0.25, -0.2) is 13.2 Å². The molecule has 2 nitrogen and oxygen atoms in total. The first-order chi connectivity index (χ1) is 7.10. The Morgan fingerprint density at radius 2 is 2.07 bits per heavy atom. The molecule has 0 aromatic heterocycles. The zero-order valence-corrected chi connectivity index (χ0v) is 8.27. The molecule has 1 rings (SSSR count). The van der Waals surface area contributed by atoms with Crippen LogP contribution in [0.5, 0.6) is 5.75 Å². The third-order valence-corrected chi connectivity index (χ3v) is 2.05. The second-order valence-corrected chi connectivity index (χ2v) is 3.02. The van der Waals surface area contributed by atoms with E-state index in [2.05, 4.69) is 0 Å². The summed E-state index contributed by atoms with van der Waals surface area (Å²) in [4.78, 5) is 0. The van der Waals surface area contributed by atoms with Crippen molar-refractivity contribution in [3.05, 3.63) is 29.1 Å². The molecule has 0 bridgehead atoms. The van der Waals surface area contributed by atoms with Crippen molar-refractivity contribution >= 4 is 0 Å². The second kappa shape index (κ2) is 5.02. The molecular formula is C10H12F3NO. The molecule has 5 heteroatoms. The van der Waals surface area contributed by atoms with Gasteiger partial charge in [0.25, 0.3) is 6.43 Å². The van der Waals surface area contributed by atoms with Crippen LogP contribution in [0.2, 0.25) is 0 Å². The fraction of sp³-hybridized carbons (Fsp3) is 0.400. The smallest absolute Gasteiger partial charge is 0.266 e. The van der Waals surface area contributed by atoms with Gasteiger partial charge in [0, 0.05) is 0 Å².